The highest BCUT2D eigenvalue weighted by Crippen LogP contribution is 2.36. The number of hydrogen-bond acceptors (Lipinski definition) is 6. The average molecular weight is 637 g/mol. The number of ether oxygens (including phenoxy) is 3. The molecule has 1 aliphatic rings. The first kappa shape index (κ1) is 41.4. The van der Waals surface area contributed by atoms with E-state index < -0.39 is 17.8 Å². The Balaban J connectivity index is 2.52. The molecule has 6 nitrogen and oxygen atoms in total. The van der Waals surface area contributed by atoms with E-state index in [-0.39, 0.29) is 17.9 Å². The Morgan fingerprint density at radius 2 is 0.622 bits per heavy atom. The summed E-state index contributed by atoms with van der Waals surface area (Å²) in [6, 6.07) is 0. The van der Waals surface area contributed by atoms with Gasteiger partial charge in [0.25, 0.3) is 0 Å². The summed E-state index contributed by atoms with van der Waals surface area (Å²) in [5.74, 6) is -0.0217. The average Bonchev–Trinajstić information content (AvgIpc) is 3.00. The zero-order chi connectivity index (χ0) is 33.3. The van der Waals surface area contributed by atoms with Gasteiger partial charge in [-0.2, -0.15) is 0 Å². The summed E-state index contributed by atoms with van der Waals surface area (Å²) in [6.07, 6.45) is 21.6. The fraction of sp³-hybridized carbons (Fsp3) is 0.923. The molecule has 0 aromatic carbocycles. The van der Waals surface area contributed by atoms with Crippen molar-refractivity contribution in [3.63, 3.8) is 0 Å². The predicted octanol–water partition coefficient (Wildman–Crippen LogP) is 10.6. The molecule has 0 amide bonds. The van der Waals surface area contributed by atoms with Gasteiger partial charge in [-0.15, -0.1) is 0 Å². The van der Waals surface area contributed by atoms with Crippen molar-refractivity contribution >= 4 is 17.9 Å². The predicted molar refractivity (Wildman–Crippen MR) is 185 cm³/mol. The van der Waals surface area contributed by atoms with Crippen molar-refractivity contribution in [2.24, 2.45) is 35.5 Å². The summed E-state index contributed by atoms with van der Waals surface area (Å²) < 4.78 is 17.0. The monoisotopic (exact) mass is 637 g/mol. The molecule has 1 fully saturated rings. The van der Waals surface area contributed by atoms with E-state index in [9.17, 15) is 14.4 Å². The fourth-order valence-electron chi connectivity index (χ4n) is 6.32. The molecule has 0 saturated heterocycles. The van der Waals surface area contributed by atoms with Crippen molar-refractivity contribution in [2.45, 2.75) is 176 Å². The summed E-state index contributed by atoms with van der Waals surface area (Å²) in [4.78, 5) is 39.2. The Kier molecular flexibility index (Phi) is 24.4. The van der Waals surface area contributed by atoms with Crippen LogP contribution in [0.25, 0.3) is 0 Å². The van der Waals surface area contributed by atoms with Crippen molar-refractivity contribution in [1.29, 1.82) is 0 Å². The number of rotatable bonds is 27. The molecular formula is C39H72O6. The Bertz CT molecular complexity index is 655. The molecule has 45 heavy (non-hydrogen) atoms. The normalized spacial score (nSPS) is 18.5. The molecule has 264 valence electrons. The van der Waals surface area contributed by atoms with Gasteiger partial charge in [0.2, 0.25) is 0 Å². The first-order valence-electron chi connectivity index (χ1n) is 19.1. The maximum Gasteiger partial charge on any atom is 0.308 e. The number of carbonyl (C=O) groups is 3. The minimum absolute atomic E-state index is 0.284. The van der Waals surface area contributed by atoms with Crippen molar-refractivity contribution in [3.8, 4) is 0 Å². The molecule has 1 saturated carbocycles. The van der Waals surface area contributed by atoms with Crippen LogP contribution in [0.2, 0.25) is 0 Å². The van der Waals surface area contributed by atoms with E-state index in [0.29, 0.717) is 39.1 Å². The maximum atomic E-state index is 13.1. The lowest BCUT2D eigenvalue weighted by atomic mass is 9.75. The second kappa shape index (κ2) is 26.5. The number of unbranched alkanes of at least 4 members (excludes halogenated alkanes) is 12. The highest BCUT2D eigenvalue weighted by Gasteiger charge is 2.41. The van der Waals surface area contributed by atoms with Gasteiger partial charge in [0.15, 0.2) is 0 Å². The Morgan fingerprint density at radius 3 is 0.867 bits per heavy atom. The number of carbonyl (C=O) groups excluding carboxylic acids is 3. The molecule has 0 aromatic rings. The van der Waals surface area contributed by atoms with E-state index in [2.05, 4.69) is 41.5 Å². The third-order valence-electron chi connectivity index (χ3n) is 9.22. The second-order valence-electron chi connectivity index (χ2n) is 15.2. The highest BCUT2D eigenvalue weighted by molar-refractivity contribution is 5.80. The van der Waals surface area contributed by atoms with Gasteiger partial charge in [0, 0.05) is 0 Å². The van der Waals surface area contributed by atoms with E-state index in [4.69, 9.17) is 14.2 Å². The summed E-state index contributed by atoms with van der Waals surface area (Å²) in [6.45, 7) is 14.7. The van der Waals surface area contributed by atoms with Crippen LogP contribution in [-0.2, 0) is 28.6 Å². The molecule has 0 bridgehead atoms. The van der Waals surface area contributed by atoms with Crippen LogP contribution < -0.4 is 0 Å². The van der Waals surface area contributed by atoms with Crippen LogP contribution in [0.3, 0.4) is 0 Å². The lowest BCUT2D eigenvalue weighted by Gasteiger charge is -2.31. The SMILES string of the molecule is CC(C)CCCCCCCOC(=O)C1CC(C(=O)OCCCCCCCC(C)C)CC(C(=O)OCCCCCCCC(C)C)C1. The van der Waals surface area contributed by atoms with Crippen molar-refractivity contribution < 1.29 is 28.6 Å². The molecule has 0 unspecified atom stereocenters. The molecule has 0 aliphatic heterocycles. The molecule has 6 heteroatoms. The molecule has 0 N–H and O–H groups in total. The molecular weight excluding hydrogens is 564 g/mol. The minimum Gasteiger partial charge on any atom is -0.465 e. The van der Waals surface area contributed by atoms with Crippen LogP contribution in [0, 0.1) is 35.5 Å². The number of esters is 3. The molecule has 0 heterocycles. The first-order valence-corrected chi connectivity index (χ1v) is 19.1. The van der Waals surface area contributed by atoms with Crippen molar-refractivity contribution in [1.82, 2.24) is 0 Å². The third kappa shape index (κ3) is 22.6. The van der Waals surface area contributed by atoms with Gasteiger partial charge in [-0.1, -0.05) is 138 Å². The fourth-order valence-corrected chi connectivity index (χ4v) is 6.32. The molecule has 1 aliphatic carbocycles. The number of hydrogen-bond donors (Lipinski definition) is 0. The summed E-state index contributed by atoms with van der Waals surface area (Å²) in [5.41, 5.74) is 0. The lowest BCUT2D eigenvalue weighted by molar-refractivity contribution is -0.161. The van der Waals surface area contributed by atoms with Crippen molar-refractivity contribution in [2.75, 3.05) is 19.8 Å². The smallest absolute Gasteiger partial charge is 0.308 e. The van der Waals surface area contributed by atoms with E-state index >= 15 is 0 Å². The topological polar surface area (TPSA) is 78.9 Å². The van der Waals surface area contributed by atoms with Crippen LogP contribution in [-0.4, -0.2) is 37.7 Å². The van der Waals surface area contributed by atoms with E-state index in [0.717, 1.165) is 75.5 Å². The molecule has 0 atom stereocenters. The third-order valence-corrected chi connectivity index (χ3v) is 9.22. The van der Waals surface area contributed by atoms with Gasteiger partial charge in [0.05, 0.1) is 37.6 Å². The lowest BCUT2D eigenvalue weighted by Crippen LogP contribution is -2.37. The van der Waals surface area contributed by atoms with Gasteiger partial charge in [-0.05, 0) is 56.3 Å². The van der Waals surface area contributed by atoms with Gasteiger partial charge in [0.1, 0.15) is 0 Å². The summed E-state index contributed by atoms with van der Waals surface area (Å²) >= 11 is 0. The van der Waals surface area contributed by atoms with Gasteiger partial charge in [-0.25, -0.2) is 0 Å². The zero-order valence-electron chi connectivity index (χ0n) is 30.4. The van der Waals surface area contributed by atoms with Crippen LogP contribution >= 0.6 is 0 Å². The Morgan fingerprint density at radius 1 is 0.400 bits per heavy atom. The molecule has 0 spiro atoms. The largest absolute Gasteiger partial charge is 0.465 e. The van der Waals surface area contributed by atoms with Gasteiger partial charge < -0.3 is 14.2 Å². The summed E-state index contributed by atoms with van der Waals surface area (Å²) in [5, 5.41) is 0. The maximum absolute atomic E-state index is 13.1. The Hall–Kier alpha value is -1.59. The first-order chi connectivity index (χ1) is 21.6. The molecule has 1 rings (SSSR count). The summed E-state index contributed by atoms with van der Waals surface area (Å²) in [7, 11) is 0. The zero-order valence-corrected chi connectivity index (χ0v) is 30.4. The molecule has 0 radical (unpaired) electrons. The van der Waals surface area contributed by atoms with E-state index in [1.165, 1.54) is 57.8 Å². The van der Waals surface area contributed by atoms with Crippen molar-refractivity contribution in [3.05, 3.63) is 0 Å². The highest BCUT2D eigenvalue weighted by atomic mass is 16.5. The van der Waals surface area contributed by atoms with Crippen LogP contribution in [0.15, 0.2) is 0 Å². The second-order valence-corrected chi connectivity index (χ2v) is 15.2. The van der Waals surface area contributed by atoms with E-state index in [1.807, 2.05) is 0 Å². The van der Waals surface area contributed by atoms with Crippen LogP contribution in [0.5, 0.6) is 0 Å². The van der Waals surface area contributed by atoms with Crippen LogP contribution in [0.1, 0.15) is 176 Å². The standard InChI is InChI=1S/C39H72O6/c1-31(2)22-16-10-7-13-19-25-43-37(40)34-28-35(38(41)44-26-20-14-8-11-17-23-32(3)4)30-36(29-34)39(42)45-27-21-15-9-12-18-24-33(5)6/h31-36H,7-30H2,1-6H3. The Labute approximate surface area is 277 Å². The van der Waals surface area contributed by atoms with Gasteiger partial charge in [-0.3, -0.25) is 14.4 Å². The van der Waals surface area contributed by atoms with Crippen LogP contribution in [0.4, 0.5) is 0 Å². The molecule has 0 aromatic heterocycles. The quantitative estimate of drug-likeness (QED) is 0.0507. The van der Waals surface area contributed by atoms with E-state index in [1.54, 1.807) is 0 Å². The van der Waals surface area contributed by atoms with Gasteiger partial charge >= 0.3 is 17.9 Å². The minimum atomic E-state index is -0.471.